The summed E-state index contributed by atoms with van der Waals surface area (Å²) in [7, 11) is 0. The van der Waals surface area contributed by atoms with Gasteiger partial charge in [0.1, 0.15) is 0 Å². The van der Waals surface area contributed by atoms with E-state index in [1.807, 2.05) is 24.5 Å². The van der Waals surface area contributed by atoms with E-state index < -0.39 is 0 Å². The van der Waals surface area contributed by atoms with Gasteiger partial charge in [0.25, 0.3) is 0 Å². The number of hydrogen-bond acceptors (Lipinski definition) is 4. The number of unbranched alkanes of at least 4 members (excludes halogenated alkanes) is 6. The molecule has 0 amide bonds. The molecule has 4 nitrogen and oxygen atoms in total. The van der Waals surface area contributed by atoms with Crippen LogP contribution < -0.4 is 10.6 Å². The third-order valence-corrected chi connectivity index (χ3v) is 5.14. The van der Waals surface area contributed by atoms with E-state index in [1.165, 1.54) is 51.4 Å². The first-order valence-electron chi connectivity index (χ1n) is 11.2. The second-order valence-corrected chi connectivity index (χ2v) is 7.49. The van der Waals surface area contributed by atoms with Gasteiger partial charge in [-0.1, -0.05) is 64.5 Å². The van der Waals surface area contributed by atoms with Crippen molar-refractivity contribution in [2.24, 2.45) is 0 Å². The van der Waals surface area contributed by atoms with Gasteiger partial charge in [-0.15, -0.1) is 0 Å². The molecular formula is C24H38N4. The molecule has 0 radical (unpaired) electrons. The van der Waals surface area contributed by atoms with Crippen LogP contribution in [0.15, 0.2) is 48.8 Å². The van der Waals surface area contributed by atoms with E-state index in [0.29, 0.717) is 0 Å². The van der Waals surface area contributed by atoms with Crippen LogP contribution in [-0.4, -0.2) is 23.1 Å². The molecule has 2 aromatic rings. The van der Waals surface area contributed by atoms with Gasteiger partial charge in [-0.05, 0) is 50.2 Å². The first kappa shape index (κ1) is 22.5. The number of nitrogens with one attached hydrogen (secondary N) is 2. The van der Waals surface area contributed by atoms with E-state index in [-0.39, 0.29) is 12.1 Å². The fourth-order valence-electron chi connectivity index (χ4n) is 3.52. The first-order chi connectivity index (χ1) is 13.9. The Morgan fingerprint density at radius 3 is 1.46 bits per heavy atom. The lowest BCUT2D eigenvalue weighted by Gasteiger charge is -2.29. The monoisotopic (exact) mass is 382 g/mol. The summed E-state index contributed by atoms with van der Waals surface area (Å²) in [6, 6.07) is 12.6. The van der Waals surface area contributed by atoms with E-state index in [1.54, 1.807) is 0 Å². The average molecular weight is 383 g/mol. The molecule has 2 aromatic heterocycles. The number of aromatic nitrogens is 2. The van der Waals surface area contributed by atoms with Crippen molar-refractivity contribution in [2.45, 2.75) is 77.3 Å². The van der Waals surface area contributed by atoms with Crippen LogP contribution >= 0.6 is 0 Å². The van der Waals surface area contributed by atoms with Crippen LogP contribution in [0.25, 0.3) is 0 Å². The Bertz CT molecular complexity index is 547. The standard InChI is InChI=1S/C24H38N4/c1-3-5-7-11-19-27-23(21-15-9-13-17-25-21)24(22-16-10-14-18-26-22)28-20-12-8-6-4-2/h9-10,13-18,23-24,27-28H,3-8,11-12,19-20H2,1-2H3/t23-,24+. The van der Waals surface area contributed by atoms with Crippen molar-refractivity contribution in [3.63, 3.8) is 0 Å². The Labute approximate surface area is 171 Å². The SMILES string of the molecule is CCCCCCN[C@H](c1ccccn1)[C@@H](NCCCCCC)c1ccccn1. The lowest BCUT2D eigenvalue weighted by molar-refractivity contribution is 0.364. The zero-order valence-electron chi connectivity index (χ0n) is 17.7. The summed E-state index contributed by atoms with van der Waals surface area (Å²) in [5, 5.41) is 7.56. The quantitative estimate of drug-likeness (QED) is 0.394. The largest absolute Gasteiger partial charge is 0.307 e. The summed E-state index contributed by atoms with van der Waals surface area (Å²) in [6.07, 6.45) is 13.8. The summed E-state index contributed by atoms with van der Waals surface area (Å²) in [5.74, 6) is 0. The van der Waals surface area contributed by atoms with Crippen LogP contribution in [0.1, 0.15) is 88.7 Å². The summed E-state index contributed by atoms with van der Waals surface area (Å²) < 4.78 is 0. The molecular weight excluding hydrogens is 344 g/mol. The highest BCUT2D eigenvalue weighted by molar-refractivity contribution is 5.18. The van der Waals surface area contributed by atoms with Crippen LogP contribution in [0.4, 0.5) is 0 Å². The van der Waals surface area contributed by atoms with Crippen molar-refractivity contribution in [2.75, 3.05) is 13.1 Å². The Hall–Kier alpha value is -1.78. The van der Waals surface area contributed by atoms with Gasteiger partial charge in [0.15, 0.2) is 0 Å². The predicted molar refractivity (Wildman–Crippen MR) is 118 cm³/mol. The molecule has 0 fully saturated rings. The Morgan fingerprint density at radius 2 is 1.11 bits per heavy atom. The van der Waals surface area contributed by atoms with Gasteiger partial charge < -0.3 is 10.6 Å². The smallest absolute Gasteiger partial charge is 0.0708 e. The number of hydrogen-bond donors (Lipinski definition) is 2. The molecule has 0 saturated heterocycles. The average Bonchev–Trinajstić information content (AvgIpc) is 2.75. The van der Waals surface area contributed by atoms with Crippen LogP contribution in [0, 0.1) is 0 Å². The van der Waals surface area contributed by atoms with Gasteiger partial charge in [-0.2, -0.15) is 0 Å². The Balaban J connectivity index is 2.11. The molecule has 154 valence electrons. The molecule has 0 aromatic carbocycles. The summed E-state index contributed by atoms with van der Waals surface area (Å²) in [5.41, 5.74) is 2.16. The molecule has 0 unspecified atom stereocenters. The molecule has 0 aliphatic carbocycles. The molecule has 4 heteroatoms. The van der Waals surface area contributed by atoms with Crippen LogP contribution in [-0.2, 0) is 0 Å². The summed E-state index contributed by atoms with van der Waals surface area (Å²) in [6.45, 7) is 6.51. The maximum absolute atomic E-state index is 4.67. The topological polar surface area (TPSA) is 49.8 Å². The van der Waals surface area contributed by atoms with Gasteiger partial charge in [0.2, 0.25) is 0 Å². The number of nitrogens with zero attached hydrogens (tertiary/aromatic N) is 2. The third kappa shape index (κ3) is 8.07. The Kier molecular flexibility index (Phi) is 11.5. The molecule has 0 aliphatic rings. The summed E-state index contributed by atoms with van der Waals surface area (Å²) in [4.78, 5) is 9.34. The molecule has 2 heterocycles. The minimum Gasteiger partial charge on any atom is -0.307 e. The van der Waals surface area contributed by atoms with Crippen molar-refractivity contribution in [1.29, 1.82) is 0 Å². The van der Waals surface area contributed by atoms with Gasteiger partial charge in [-0.3, -0.25) is 9.97 Å². The highest BCUT2D eigenvalue weighted by atomic mass is 15.1. The first-order valence-corrected chi connectivity index (χ1v) is 11.2. The van der Waals surface area contributed by atoms with E-state index >= 15 is 0 Å². The van der Waals surface area contributed by atoms with Crippen LogP contribution in [0.5, 0.6) is 0 Å². The fourth-order valence-corrected chi connectivity index (χ4v) is 3.52. The molecule has 0 spiro atoms. The Morgan fingerprint density at radius 1 is 0.643 bits per heavy atom. The van der Waals surface area contributed by atoms with Crippen molar-refractivity contribution < 1.29 is 0 Å². The zero-order chi connectivity index (χ0) is 19.9. The molecule has 2 rings (SSSR count). The van der Waals surface area contributed by atoms with E-state index in [4.69, 9.17) is 0 Å². The minimum absolute atomic E-state index is 0.115. The van der Waals surface area contributed by atoms with Gasteiger partial charge >= 0.3 is 0 Å². The normalized spacial score (nSPS) is 13.4. The van der Waals surface area contributed by atoms with Crippen molar-refractivity contribution in [3.05, 3.63) is 60.2 Å². The molecule has 0 bridgehead atoms. The van der Waals surface area contributed by atoms with Crippen molar-refractivity contribution in [1.82, 2.24) is 20.6 Å². The van der Waals surface area contributed by atoms with Crippen molar-refractivity contribution >= 4 is 0 Å². The third-order valence-electron chi connectivity index (χ3n) is 5.14. The van der Waals surface area contributed by atoms with E-state index in [0.717, 1.165) is 24.5 Å². The second kappa shape index (κ2) is 14.3. The number of pyridine rings is 2. The number of rotatable bonds is 15. The highest BCUT2D eigenvalue weighted by Gasteiger charge is 2.25. The minimum atomic E-state index is 0.115. The molecule has 0 saturated carbocycles. The molecule has 0 aliphatic heterocycles. The summed E-state index contributed by atoms with van der Waals surface area (Å²) >= 11 is 0. The van der Waals surface area contributed by atoms with Gasteiger partial charge in [0, 0.05) is 12.4 Å². The van der Waals surface area contributed by atoms with Gasteiger partial charge in [-0.25, -0.2) is 0 Å². The second-order valence-electron chi connectivity index (χ2n) is 7.49. The predicted octanol–water partition coefficient (Wildman–Crippen LogP) is 5.60. The molecule has 2 atom stereocenters. The maximum Gasteiger partial charge on any atom is 0.0708 e. The maximum atomic E-state index is 4.67. The molecule has 28 heavy (non-hydrogen) atoms. The zero-order valence-corrected chi connectivity index (χ0v) is 17.7. The van der Waals surface area contributed by atoms with Crippen molar-refractivity contribution in [3.8, 4) is 0 Å². The molecule has 2 N–H and O–H groups in total. The highest BCUT2D eigenvalue weighted by Crippen LogP contribution is 2.27. The van der Waals surface area contributed by atoms with Crippen LogP contribution in [0.2, 0.25) is 0 Å². The van der Waals surface area contributed by atoms with E-state index in [9.17, 15) is 0 Å². The lowest BCUT2D eigenvalue weighted by atomic mass is 9.99. The van der Waals surface area contributed by atoms with E-state index in [2.05, 4.69) is 58.7 Å². The fraction of sp³-hybridized carbons (Fsp3) is 0.583. The lowest BCUT2D eigenvalue weighted by Crippen LogP contribution is -2.37. The van der Waals surface area contributed by atoms with Crippen LogP contribution in [0.3, 0.4) is 0 Å². The van der Waals surface area contributed by atoms with Gasteiger partial charge in [0.05, 0.1) is 23.5 Å².